The predicted octanol–water partition coefficient (Wildman–Crippen LogP) is 3.83. The van der Waals surface area contributed by atoms with Crippen LogP contribution in [-0.2, 0) is 9.53 Å². The number of amidine groups is 1. The normalized spacial score (nSPS) is 23.2. The van der Waals surface area contributed by atoms with Crippen LogP contribution in [0.25, 0.3) is 0 Å². The topological polar surface area (TPSA) is 91.2 Å². The van der Waals surface area contributed by atoms with E-state index in [0.717, 1.165) is 11.1 Å². The maximum absolute atomic E-state index is 10.7. The van der Waals surface area contributed by atoms with E-state index in [1.54, 1.807) is 13.8 Å². The Bertz CT molecular complexity index is 857. The predicted molar refractivity (Wildman–Crippen MR) is 116 cm³/mol. The van der Waals surface area contributed by atoms with E-state index in [2.05, 4.69) is 16.9 Å². The number of nitrogens with zero attached hydrogens (tertiary/aromatic N) is 1. The monoisotopic (exact) mass is 418 g/mol. The number of nitrogens with one attached hydrogen (secondary N) is 1. The molecule has 6 nitrogen and oxygen atoms in total. The zero-order valence-electron chi connectivity index (χ0n) is 17.0. The van der Waals surface area contributed by atoms with E-state index in [9.17, 15) is 9.90 Å². The molecule has 0 fully saturated rings. The molecule has 0 bridgehead atoms. The third-order valence-electron chi connectivity index (χ3n) is 4.67. The van der Waals surface area contributed by atoms with Gasteiger partial charge in [0.25, 0.3) is 6.02 Å². The molecule has 0 spiro atoms. The van der Waals surface area contributed by atoms with Crippen LogP contribution in [0.3, 0.4) is 0 Å². The number of fused-ring (bicyclic) bond motifs is 1. The lowest BCUT2D eigenvalue weighted by Crippen LogP contribution is -2.35. The molecule has 1 aliphatic heterocycles. The van der Waals surface area contributed by atoms with Gasteiger partial charge >= 0.3 is 5.97 Å². The van der Waals surface area contributed by atoms with E-state index in [-0.39, 0.29) is 29.6 Å². The third-order valence-corrected chi connectivity index (χ3v) is 5.02. The van der Waals surface area contributed by atoms with Crippen molar-refractivity contribution in [3.05, 3.63) is 71.0 Å². The van der Waals surface area contributed by atoms with Crippen LogP contribution in [0, 0.1) is 5.92 Å². The van der Waals surface area contributed by atoms with Crippen LogP contribution in [0.5, 0.6) is 0 Å². The molecule has 0 saturated carbocycles. The number of hydrogen-bond donors (Lipinski definition) is 3. The fourth-order valence-corrected chi connectivity index (χ4v) is 3.34. The summed E-state index contributed by atoms with van der Waals surface area (Å²) >= 11 is 6.48. The zero-order valence-corrected chi connectivity index (χ0v) is 17.8. The van der Waals surface area contributed by atoms with Gasteiger partial charge in [0, 0.05) is 11.0 Å². The molecule has 1 aliphatic carbocycles. The van der Waals surface area contributed by atoms with Gasteiger partial charge in [-0.3, -0.25) is 0 Å². The van der Waals surface area contributed by atoms with Gasteiger partial charge in [0.15, 0.2) is 0 Å². The Morgan fingerprint density at radius 2 is 2.10 bits per heavy atom. The molecular weight excluding hydrogens is 392 g/mol. The van der Waals surface area contributed by atoms with Gasteiger partial charge in [-0.2, -0.15) is 0 Å². The lowest BCUT2D eigenvalue weighted by atomic mass is 9.89. The maximum atomic E-state index is 10.7. The van der Waals surface area contributed by atoms with Crippen molar-refractivity contribution in [3.8, 4) is 0 Å². The lowest BCUT2D eigenvalue weighted by molar-refractivity contribution is -0.132. The Morgan fingerprint density at radius 1 is 1.41 bits per heavy atom. The van der Waals surface area contributed by atoms with Crippen molar-refractivity contribution < 1.29 is 19.7 Å². The number of hydrogen-bond acceptors (Lipinski definition) is 5. The zero-order chi connectivity index (χ0) is 21.8. The van der Waals surface area contributed by atoms with Crippen LogP contribution in [-0.4, -0.2) is 39.9 Å². The quantitative estimate of drug-likeness (QED) is 0.332. The number of ether oxygens (including phenoxy) is 1. The summed E-state index contributed by atoms with van der Waals surface area (Å²) in [5, 5.41) is 22.7. The summed E-state index contributed by atoms with van der Waals surface area (Å²) in [5.74, 6) is -1.09. The van der Waals surface area contributed by atoms with Crippen LogP contribution >= 0.6 is 11.6 Å². The van der Waals surface area contributed by atoms with E-state index in [0.29, 0.717) is 5.03 Å². The first-order chi connectivity index (χ1) is 13.5. The number of aliphatic imine (C=N–C) groups is 1. The third kappa shape index (κ3) is 5.95. The van der Waals surface area contributed by atoms with Crippen molar-refractivity contribution in [2.45, 2.75) is 45.4 Å². The molecule has 0 aromatic rings. The van der Waals surface area contributed by atoms with Gasteiger partial charge in [0.1, 0.15) is 0 Å². The van der Waals surface area contributed by atoms with E-state index < -0.39 is 11.6 Å². The minimum absolute atomic E-state index is 0.0301. The molecule has 0 saturated heterocycles. The molecule has 2 aliphatic rings. The second-order valence-electron chi connectivity index (χ2n) is 7.43. The van der Waals surface area contributed by atoms with Crippen molar-refractivity contribution in [3.63, 3.8) is 0 Å². The van der Waals surface area contributed by atoms with E-state index in [1.807, 2.05) is 44.2 Å². The number of aliphatic carboxylic acids is 1. The highest BCUT2D eigenvalue weighted by Crippen LogP contribution is 2.32. The first-order valence-corrected chi connectivity index (χ1v) is 9.67. The Labute approximate surface area is 176 Å². The van der Waals surface area contributed by atoms with Crippen LogP contribution < -0.4 is 5.32 Å². The Balaban J connectivity index is 2.07. The summed E-state index contributed by atoms with van der Waals surface area (Å²) in [5.41, 5.74) is 0.780. The molecule has 0 radical (unpaired) electrons. The highest BCUT2D eigenvalue weighted by molar-refractivity contribution is 6.32. The number of carboxylic acid groups (broad SMARTS) is 1. The number of aliphatic hydroxyl groups is 1. The fraction of sp³-hybridized carbons (Fsp3) is 0.364. The average molecular weight is 419 g/mol. The molecule has 29 heavy (non-hydrogen) atoms. The van der Waals surface area contributed by atoms with Gasteiger partial charge in [-0.15, -0.1) is 0 Å². The van der Waals surface area contributed by atoms with Gasteiger partial charge in [0.05, 0.1) is 29.5 Å². The molecule has 3 atom stereocenters. The number of halogens is 1. The van der Waals surface area contributed by atoms with Crippen LogP contribution in [0.2, 0.25) is 0 Å². The lowest BCUT2D eigenvalue weighted by Gasteiger charge is -2.23. The molecule has 3 unspecified atom stereocenters. The molecule has 1 heterocycles. The van der Waals surface area contributed by atoms with Gasteiger partial charge in [-0.1, -0.05) is 49.4 Å². The molecular formula is C22H27ClN2O4. The van der Waals surface area contributed by atoms with Gasteiger partial charge in [-0.05, 0) is 44.1 Å². The second kappa shape index (κ2) is 9.29. The number of carbonyl (C=O) groups is 1. The molecule has 2 rings (SSSR count). The smallest absolute Gasteiger partial charge is 0.335 e. The fourth-order valence-electron chi connectivity index (χ4n) is 2.97. The second-order valence-corrected chi connectivity index (χ2v) is 7.84. The van der Waals surface area contributed by atoms with E-state index in [4.69, 9.17) is 21.4 Å². The molecule has 0 amide bonds. The van der Waals surface area contributed by atoms with Gasteiger partial charge < -0.3 is 20.3 Å². The largest absolute Gasteiger partial charge is 0.478 e. The standard InChI is InChI=1S/C22H27ClN2O4/c1-6-15(22(4,5)28)8-7-13(2)16-11-18-19(12-17(16)23)25-21(24-18)29-10-9-14(3)20(26)27/h6-13,18-19,28H,3H2,1-2,4-5H3,(H,24,25)(H,26,27)/b8-7-,10-9+,15-6+. The Hall–Kier alpha value is -2.57. The van der Waals surface area contributed by atoms with Gasteiger partial charge in [0.2, 0.25) is 0 Å². The highest BCUT2D eigenvalue weighted by atomic mass is 35.5. The average Bonchev–Trinajstić information content (AvgIpc) is 3.01. The van der Waals surface area contributed by atoms with Crippen molar-refractivity contribution in [1.29, 1.82) is 0 Å². The Morgan fingerprint density at radius 3 is 2.69 bits per heavy atom. The molecule has 3 N–H and O–H groups in total. The van der Waals surface area contributed by atoms with Crippen LogP contribution in [0.15, 0.2) is 76.0 Å². The van der Waals surface area contributed by atoms with Crippen LogP contribution in [0.1, 0.15) is 27.7 Å². The van der Waals surface area contributed by atoms with Crippen molar-refractivity contribution in [2.75, 3.05) is 0 Å². The van der Waals surface area contributed by atoms with Crippen molar-refractivity contribution in [2.24, 2.45) is 10.9 Å². The van der Waals surface area contributed by atoms with Crippen molar-refractivity contribution in [1.82, 2.24) is 5.32 Å². The number of rotatable bonds is 7. The highest BCUT2D eigenvalue weighted by Gasteiger charge is 2.31. The SMILES string of the molecule is C=C(/C=C/OC1=NC2C=C(Cl)C(C(C)/C=C\C(=C/C)C(C)(C)O)=CC2N1)C(=O)O. The summed E-state index contributed by atoms with van der Waals surface area (Å²) in [6.45, 7) is 10.8. The maximum Gasteiger partial charge on any atom is 0.335 e. The van der Waals surface area contributed by atoms with Gasteiger partial charge in [-0.25, -0.2) is 9.79 Å². The summed E-state index contributed by atoms with van der Waals surface area (Å²) in [6, 6.07) is -0.0186. The molecule has 7 heteroatoms. The summed E-state index contributed by atoms with van der Waals surface area (Å²) < 4.78 is 5.36. The minimum Gasteiger partial charge on any atom is -0.478 e. The number of carboxylic acids is 1. The van der Waals surface area contributed by atoms with Crippen molar-refractivity contribution >= 4 is 23.6 Å². The summed E-state index contributed by atoms with van der Waals surface area (Å²) in [7, 11) is 0. The first kappa shape index (κ1) is 22.7. The van der Waals surface area contributed by atoms with E-state index in [1.165, 1.54) is 12.3 Å². The van der Waals surface area contributed by atoms with Crippen LogP contribution in [0.4, 0.5) is 0 Å². The summed E-state index contributed by atoms with van der Waals surface area (Å²) in [4.78, 5) is 15.1. The summed E-state index contributed by atoms with van der Waals surface area (Å²) in [6.07, 6.45) is 12.2. The minimum atomic E-state index is -1.12. The van der Waals surface area contributed by atoms with E-state index >= 15 is 0 Å². The Kier molecular flexibility index (Phi) is 7.27. The molecule has 0 aromatic carbocycles. The molecule has 0 aromatic heterocycles. The molecule has 156 valence electrons. The first-order valence-electron chi connectivity index (χ1n) is 9.29. The number of allylic oxidation sites excluding steroid dienone is 4.